The standard InChI is InChI=1S/C20H27N5O5S.C2H6/c1-5-7-14(11-26)24-31(28,29)15-8-9-17(30-6-2)16(10-15)18-22-19-12(3)21-13(4)25(19)20(27)23-18;1-2/h8-10,14,24,26H,5-7,11H2,1-4H3,(H,22,23,27);1-2H3. The fraction of sp³-hybridized carbons (Fsp3) is 0.500. The van der Waals surface area contributed by atoms with E-state index < -0.39 is 21.8 Å². The number of H-pyrrole nitrogens is 1. The number of aromatic amines is 1. The molecule has 0 bridgehead atoms. The summed E-state index contributed by atoms with van der Waals surface area (Å²) in [6, 6.07) is 3.76. The minimum absolute atomic E-state index is 0.0237. The summed E-state index contributed by atoms with van der Waals surface area (Å²) < 4.78 is 35.3. The summed E-state index contributed by atoms with van der Waals surface area (Å²) in [6.45, 7) is 11.2. The van der Waals surface area contributed by atoms with Crippen LogP contribution < -0.4 is 15.1 Å². The zero-order valence-electron chi connectivity index (χ0n) is 20.0. The lowest BCUT2D eigenvalue weighted by Gasteiger charge is -2.17. The maximum absolute atomic E-state index is 12.9. The van der Waals surface area contributed by atoms with Crippen LogP contribution in [0, 0.1) is 13.8 Å². The first kappa shape index (κ1) is 26.5. The van der Waals surface area contributed by atoms with E-state index in [2.05, 4.69) is 19.7 Å². The Morgan fingerprint density at radius 1 is 1.21 bits per heavy atom. The smallest absolute Gasteiger partial charge is 0.334 e. The zero-order valence-corrected chi connectivity index (χ0v) is 20.8. The van der Waals surface area contributed by atoms with E-state index in [1.54, 1.807) is 20.8 Å². The number of aromatic nitrogens is 4. The van der Waals surface area contributed by atoms with E-state index in [1.807, 2.05) is 20.8 Å². The molecule has 0 aliphatic heterocycles. The van der Waals surface area contributed by atoms with E-state index in [0.29, 0.717) is 41.5 Å². The number of hydrogen-bond acceptors (Lipinski definition) is 7. The van der Waals surface area contributed by atoms with Crippen molar-refractivity contribution in [2.45, 2.75) is 65.3 Å². The minimum Gasteiger partial charge on any atom is -0.493 e. The normalized spacial score (nSPS) is 12.3. The summed E-state index contributed by atoms with van der Waals surface area (Å²) in [5, 5.41) is 9.47. The Morgan fingerprint density at radius 3 is 2.52 bits per heavy atom. The number of imidazole rings is 1. The van der Waals surface area contributed by atoms with Gasteiger partial charge < -0.3 is 9.84 Å². The first-order chi connectivity index (χ1) is 15.7. The fourth-order valence-electron chi connectivity index (χ4n) is 3.42. The maximum Gasteiger partial charge on any atom is 0.334 e. The van der Waals surface area contributed by atoms with Crippen LogP contribution in [-0.2, 0) is 10.0 Å². The number of fused-ring (bicyclic) bond motifs is 1. The Bertz CT molecular complexity index is 1250. The highest BCUT2D eigenvalue weighted by atomic mass is 32.2. The van der Waals surface area contributed by atoms with E-state index in [0.717, 1.165) is 6.42 Å². The van der Waals surface area contributed by atoms with Crippen molar-refractivity contribution >= 4 is 15.7 Å². The molecule has 0 amide bonds. The Labute approximate surface area is 194 Å². The van der Waals surface area contributed by atoms with Crippen molar-refractivity contribution in [3.63, 3.8) is 0 Å². The topological polar surface area (TPSA) is 139 Å². The number of nitrogens with zero attached hydrogens (tertiary/aromatic N) is 3. The molecule has 0 fully saturated rings. The molecule has 0 saturated carbocycles. The fourth-order valence-corrected chi connectivity index (χ4v) is 4.70. The second-order valence-electron chi connectivity index (χ2n) is 7.17. The van der Waals surface area contributed by atoms with Crippen molar-refractivity contribution in [2.24, 2.45) is 0 Å². The van der Waals surface area contributed by atoms with Crippen LogP contribution in [0.5, 0.6) is 5.75 Å². The number of aryl methyl sites for hydroxylation is 2. The maximum atomic E-state index is 12.9. The molecule has 2 aromatic heterocycles. The summed E-state index contributed by atoms with van der Waals surface area (Å²) in [4.78, 5) is 24.1. The molecule has 0 aliphatic rings. The molecule has 0 aliphatic carbocycles. The number of benzene rings is 1. The molecule has 11 heteroatoms. The highest BCUT2D eigenvalue weighted by Crippen LogP contribution is 2.30. The first-order valence-corrected chi connectivity index (χ1v) is 12.6. The van der Waals surface area contributed by atoms with Crippen LogP contribution in [0.1, 0.15) is 52.1 Å². The summed E-state index contributed by atoms with van der Waals surface area (Å²) in [5.74, 6) is 1.06. The summed E-state index contributed by atoms with van der Waals surface area (Å²) in [5.41, 5.74) is 0.862. The van der Waals surface area contributed by atoms with Crippen LogP contribution in [-0.4, -0.2) is 52.1 Å². The third kappa shape index (κ3) is 5.79. The Hall–Kier alpha value is -2.76. The lowest BCUT2D eigenvalue weighted by molar-refractivity contribution is 0.250. The largest absolute Gasteiger partial charge is 0.493 e. The molecule has 182 valence electrons. The van der Waals surface area contributed by atoms with E-state index in [1.165, 1.54) is 22.6 Å². The SMILES string of the molecule is CC.CCCC(CO)NS(=O)(=O)c1ccc(OCC)c(-c2nc3c(C)nc(C)n3c(=O)[nH]2)c1. The quantitative estimate of drug-likeness (QED) is 0.429. The van der Waals surface area contributed by atoms with Gasteiger partial charge in [-0.25, -0.2) is 32.3 Å². The molecule has 1 unspecified atom stereocenters. The van der Waals surface area contributed by atoms with Crippen LogP contribution in [0.4, 0.5) is 0 Å². The average molecular weight is 480 g/mol. The molecule has 2 heterocycles. The van der Waals surface area contributed by atoms with Crippen molar-refractivity contribution in [2.75, 3.05) is 13.2 Å². The van der Waals surface area contributed by atoms with E-state index in [4.69, 9.17) is 4.74 Å². The van der Waals surface area contributed by atoms with Gasteiger partial charge in [0.05, 0.1) is 29.4 Å². The molecule has 3 aromatic rings. The molecule has 0 radical (unpaired) electrons. The molecule has 3 N–H and O–H groups in total. The number of aliphatic hydroxyl groups excluding tert-OH is 1. The van der Waals surface area contributed by atoms with Gasteiger partial charge in [-0.1, -0.05) is 27.2 Å². The first-order valence-electron chi connectivity index (χ1n) is 11.1. The van der Waals surface area contributed by atoms with Gasteiger partial charge in [-0.2, -0.15) is 0 Å². The molecule has 0 saturated heterocycles. The molecule has 0 spiro atoms. The van der Waals surface area contributed by atoms with Gasteiger partial charge in [0.1, 0.15) is 17.4 Å². The van der Waals surface area contributed by atoms with Gasteiger partial charge in [-0.05, 0) is 45.4 Å². The molecule has 3 rings (SSSR count). The van der Waals surface area contributed by atoms with Crippen LogP contribution in [0.3, 0.4) is 0 Å². The second kappa shape index (κ2) is 11.4. The minimum atomic E-state index is -3.92. The van der Waals surface area contributed by atoms with Gasteiger partial charge in [0, 0.05) is 6.04 Å². The number of hydrogen-bond donors (Lipinski definition) is 3. The molecule has 1 atom stereocenters. The van der Waals surface area contributed by atoms with Gasteiger partial charge in [0.25, 0.3) is 0 Å². The van der Waals surface area contributed by atoms with Crippen molar-refractivity contribution in [1.82, 2.24) is 24.1 Å². The van der Waals surface area contributed by atoms with Crippen LogP contribution in [0.15, 0.2) is 27.9 Å². The number of ether oxygens (including phenoxy) is 1. The summed E-state index contributed by atoms with van der Waals surface area (Å²) in [6.07, 6.45) is 1.22. The number of aliphatic hydroxyl groups is 1. The number of rotatable bonds is 9. The summed E-state index contributed by atoms with van der Waals surface area (Å²) in [7, 11) is -3.92. The van der Waals surface area contributed by atoms with Crippen LogP contribution in [0.2, 0.25) is 0 Å². The van der Waals surface area contributed by atoms with Gasteiger partial charge in [-0.15, -0.1) is 0 Å². The molecular weight excluding hydrogens is 446 g/mol. The van der Waals surface area contributed by atoms with Crippen molar-refractivity contribution < 1.29 is 18.3 Å². The van der Waals surface area contributed by atoms with Crippen molar-refractivity contribution in [3.8, 4) is 17.1 Å². The summed E-state index contributed by atoms with van der Waals surface area (Å²) >= 11 is 0. The van der Waals surface area contributed by atoms with Gasteiger partial charge in [0.15, 0.2) is 5.65 Å². The van der Waals surface area contributed by atoms with E-state index >= 15 is 0 Å². The molecule has 1 aromatic carbocycles. The third-order valence-electron chi connectivity index (χ3n) is 4.83. The number of sulfonamides is 1. The molecule has 10 nitrogen and oxygen atoms in total. The number of nitrogens with one attached hydrogen (secondary N) is 2. The monoisotopic (exact) mass is 479 g/mol. The third-order valence-corrected chi connectivity index (χ3v) is 6.35. The second-order valence-corrected chi connectivity index (χ2v) is 8.89. The van der Waals surface area contributed by atoms with Crippen molar-refractivity contribution in [3.05, 3.63) is 40.2 Å². The Balaban J connectivity index is 0.00000187. The predicted octanol–water partition coefficient (Wildman–Crippen LogP) is 2.57. The van der Waals surface area contributed by atoms with Crippen LogP contribution in [0.25, 0.3) is 17.0 Å². The van der Waals surface area contributed by atoms with E-state index in [-0.39, 0.29) is 17.3 Å². The van der Waals surface area contributed by atoms with Gasteiger partial charge in [0.2, 0.25) is 10.0 Å². The zero-order chi connectivity index (χ0) is 24.8. The molecule has 33 heavy (non-hydrogen) atoms. The Morgan fingerprint density at radius 2 is 1.91 bits per heavy atom. The van der Waals surface area contributed by atoms with Gasteiger partial charge >= 0.3 is 5.69 Å². The van der Waals surface area contributed by atoms with Crippen molar-refractivity contribution in [1.29, 1.82) is 0 Å². The van der Waals surface area contributed by atoms with Crippen LogP contribution >= 0.6 is 0 Å². The lowest BCUT2D eigenvalue weighted by Crippen LogP contribution is -2.37. The molecular formula is C22H33N5O5S. The predicted molar refractivity (Wildman–Crippen MR) is 127 cm³/mol. The van der Waals surface area contributed by atoms with Gasteiger partial charge in [-0.3, -0.25) is 4.98 Å². The van der Waals surface area contributed by atoms with E-state index in [9.17, 15) is 18.3 Å². The lowest BCUT2D eigenvalue weighted by atomic mass is 10.2. The average Bonchev–Trinajstić information content (AvgIpc) is 3.08. The highest BCUT2D eigenvalue weighted by molar-refractivity contribution is 7.89. The highest BCUT2D eigenvalue weighted by Gasteiger charge is 2.22. The Kier molecular flexibility index (Phi) is 9.15.